The third kappa shape index (κ3) is 3.52. The van der Waals surface area contributed by atoms with Crippen LogP contribution >= 0.6 is 11.3 Å². The number of hydrogen-bond acceptors (Lipinski definition) is 6. The van der Waals surface area contributed by atoms with Crippen molar-refractivity contribution >= 4 is 11.3 Å². The van der Waals surface area contributed by atoms with Crippen LogP contribution in [-0.4, -0.2) is 45.6 Å². The van der Waals surface area contributed by atoms with Crippen molar-refractivity contribution in [3.05, 3.63) is 47.7 Å². The van der Waals surface area contributed by atoms with Crippen LogP contribution in [0, 0.1) is 0 Å². The van der Waals surface area contributed by atoms with Gasteiger partial charge in [0.2, 0.25) is 0 Å². The van der Waals surface area contributed by atoms with Gasteiger partial charge in [0.05, 0.1) is 29.8 Å². The van der Waals surface area contributed by atoms with Crippen LogP contribution in [0.5, 0.6) is 0 Å². The molecule has 0 bridgehead atoms. The summed E-state index contributed by atoms with van der Waals surface area (Å²) in [5.41, 5.74) is 0.966. The average Bonchev–Trinajstić information content (AvgIpc) is 3.30. The number of ether oxygens (including phenoxy) is 1. The molecule has 3 aromatic rings. The highest BCUT2D eigenvalue weighted by atomic mass is 32.1. The third-order valence-corrected chi connectivity index (χ3v) is 4.77. The van der Waals surface area contributed by atoms with Gasteiger partial charge < -0.3 is 9.26 Å². The first kappa shape index (κ1) is 14.6. The van der Waals surface area contributed by atoms with Crippen LogP contribution < -0.4 is 0 Å². The molecular weight excluding hydrogens is 312 g/mol. The molecule has 0 aliphatic carbocycles. The Bertz CT molecular complexity index is 723. The molecular formula is C16H18N4O2S. The Kier molecular flexibility index (Phi) is 4.23. The quantitative estimate of drug-likeness (QED) is 0.719. The van der Waals surface area contributed by atoms with Crippen LogP contribution in [0.15, 0.2) is 46.6 Å². The molecule has 0 saturated carbocycles. The van der Waals surface area contributed by atoms with Gasteiger partial charge in [0, 0.05) is 38.1 Å². The maximum Gasteiger partial charge on any atom is 0.177 e. The van der Waals surface area contributed by atoms with E-state index in [1.54, 1.807) is 17.5 Å². The second-order valence-electron chi connectivity index (χ2n) is 5.62. The highest BCUT2D eigenvalue weighted by Crippen LogP contribution is 2.25. The lowest BCUT2D eigenvalue weighted by Crippen LogP contribution is -2.43. The van der Waals surface area contributed by atoms with Gasteiger partial charge in [-0.25, -0.2) is 0 Å². The van der Waals surface area contributed by atoms with E-state index in [2.05, 4.69) is 15.2 Å². The van der Waals surface area contributed by atoms with Crippen LogP contribution in [0.25, 0.3) is 10.6 Å². The van der Waals surface area contributed by atoms with E-state index in [-0.39, 0.29) is 6.10 Å². The molecule has 3 aromatic heterocycles. The Labute approximate surface area is 138 Å². The van der Waals surface area contributed by atoms with Gasteiger partial charge in [-0.3, -0.25) is 9.58 Å². The number of rotatable bonds is 5. The summed E-state index contributed by atoms with van der Waals surface area (Å²) in [7, 11) is 0. The lowest BCUT2D eigenvalue weighted by Gasteiger charge is -2.32. The summed E-state index contributed by atoms with van der Waals surface area (Å²) in [4.78, 5) is 3.47. The van der Waals surface area contributed by atoms with E-state index in [0.29, 0.717) is 0 Å². The topological polar surface area (TPSA) is 56.3 Å². The Morgan fingerprint density at radius 1 is 1.35 bits per heavy atom. The minimum Gasteiger partial charge on any atom is -0.374 e. The van der Waals surface area contributed by atoms with Crippen molar-refractivity contribution in [1.82, 2.24) is 19.8 Å². The summed E-state index contributed by atoms with van der Waals surface area (Å²) >= 11 is 1.66. The Morgan fingerprint density at radius 2 is 2.35 bits per heavy atom. The molecule has 0 unspecified atom stereocenters. The van der Waals surface area contributed by atoms with Crippen molar-refractivity contribution in [2.24, 2.45) is 0 Å². The largest absolute Gasteiger partial charge is 0.374 e. The molecule has 0 aromatic carbocycles. The molecule has 120 valence electrons. The monoisotopic (exact) mass is 330 g/mol. The first-order valence-electron chi connectivity index (χ1n) is 7.68. The predicted molar refractivity (Wildman–Crippen MR) is 87.1 cm³/mol. The van der Waals surface area contributed by atoms with Gasteiger partial charge in [-0.05, 0) is 17.5 Å². The second kappa shape index (κ2) is 6.66. The minimum absolute atomic E-state index is 0.160. The Morgan fingerprint density at radius 3 is 3.17 bits per heavy atom. The maximum absolute atomic E-state index is 5.84. The third-order valence-electron chi connectivity index (χ3n) is 3.88. The van der Waals surface area contributed by atoms with Crippen molar-refractivity contribution in [2.45, 2.75) is 19.2 Å². The van der Waals surface area contributed by atoms with Crippen molar-refractivity contribution in [2.75, 3.05) is 19.7 Å². The van der Waals surface area contributed by atoms with E-state index in [4.69, 9.17) is 9.26 Å². The Hall–Kier alpha value is -1.96. The molecule has 0 N–H and O–H groups in total. The lowest BCUT2D eigenvalue weighted by atomic mass is 10.2. The molecule has 7 heteroatoms. The summed E-state index contributed by atoms with van der Waals surface area (Å²) < 4.78 is 13.2. The van der Waals surface area contributed by atoms with E-state index in [1.807, 2.05) is 40.5 Å². The molecule has 0 amide bonds. The van der Waals surface area contributed by atoms with Crippen LogP contribution in [0.4, 0.5) is 0 Å². The zero-order valence-corrected chi connectivity index (χ0v) is 13.5. The van der Waals surface area contributed by atoms with E-state index in [9.17, 15) is 0 Å². The molecule has 1 aliphatic heterocycles. The zero-order chi connectivity index (χ0) is 15.5. The molecule has 1 atom stereocenters. The van der Waals surface area contributed by atoms with Crippen LogP contribution in [-0.2, 0) is 17.8 Å². The zero-order valence-electron chi connectivity index (χ0n) is 12.7. The molecule has 4 rings (SSSR count). The van der Waals surface area contributed by atoms with E-state index >= 15 is 0 Å². The van der Waals surface area contributed by atoms with E-state index < -0.39 is 0 Å². The van der Waals surface area contributed by atoms with Crippen LogP contribution in [0.2, 0.25) is 0 Å². The van der Waals surface area contributed by atoms with Crippen LogP contribution in [0.1, 0.15) is 5.69 Å². The number of aromatic nitrogens is 3. The standard InChI is InChI=1S/C16H18N4O2S/c1-3-16(23-8-1)15-9-13(18-22-15)10-19-6-7-21-14(11-19)12-20-5-2-4-17-20/h1-5,8-9,14H,6-7,10-12H2/t14-/m0/s1. The fourth-order valence-electron chi connectivity index (χ4n) is 2.80. The normalized spacial score (nSPS) is 19.2. The first-order chi connectivity index (χ1) is 11.4. The fourth-order valence-corrected chi connectivity index (χ4v) is 3.48. The Balaban J connectivity index is 1.37. The van der Waals surface area contributed by atoms with Crippen molar-refractivity contribution < 1.29 is 9.26 Å². The maximum atomic E-state index is 5.84. The number of morpholine rings is 1. The van der Waals surface area contributed by atoms with E-state index in [0.717, 1.165) is 49.1 Å². The van der Waals surface area contributed by atoms with Gasteiger partial charge in [-0.1, -0.05) is 11.2 Å². The van der Waals surface area contributed by atoms with Gasteiger partial charge in [0.15, 0.2) is 5.76 Å². The molecule has 1 aliphatic rings. The summed E-state index contributed by atoms with van der Waals surface area (Å²) in [5.74, 6) is 0.844. The highest BCUT2D eigenvalue weighted by Gasteiger charge is 2.22. The molecule has 4 heterocycles. The molecule has 23 heavy (non-hydrogen) atoms. The second-order valence-corrected chi connectivity index (χ2v) is 6.56. The average molecular weight is 330 g/mol. The molecule has 1 saturated heterocycles. The molecule has 6 nitrogen and oxygen atoms in total. The minimum atomic E-state index is 0.160. The highest BCUT2D eigenvalue weighted by molar-refractivity contribution is 7.13. The van der Waals surface area contributed by atoms with Gasteiger partial charge in [0.25, 0.3) is 0 Å². The van der Waals surface area contributed by atoms with Crippen LogP contribution in [0.3, 0.4) is 0 Å². The number of hydrogen-bond donors (Lipinski definition) is 0. The van der Waals surface area contributed by atoms with Gasteiger partial charge in [-0.2, -0.15) is 5.10 Å². The van der Waals surface area contributed by atoms with Gasteiger partial charge in [0.1, 0.15) is 0 Å². The number of nitrogens with zero attached hydrogens (tertiary/aromatic N) is 4. The molecule has 0 radical (unpaired) electrons. The van der Waals surface area contributed by atoms with Crippen molar-refractivity contribution in [3.63, 3.8) is 0 Å². The summed E-state index contributed by atoms with van der Waals surface area (Å²) in [6.07, 6.45) is 3.92. The van der Waals surface area contributed by atoms with Gasteiger partial charge in [-0.15, -0.1) is 11.3 Å². The summed E-state index contributed by atoms with van der Waals surface area (Å²) in [5, 5.41) is 10.5. The SMILES string of the molecule is c1csc(-c2cc(CN3CCO[C@H](Cn4cccn4)C3)no2)c1. The molecule has 1 fully saturated rings. The summed E-state index contributed by atoms with van der Waals surface area (Å²) in [6, 6.07) is 8.03. The lowest BCUT2D eigenvalue weighted by molar-refractivity contribution is -0.0407. The number of thiophene rings is 1. The van der Waals surface area contributed by atoms with Crippen molar-refractivity contribution in [1.29, 1.82) is 0 Å². The van der Waals surface area contributed by atoms with E-state index in [1.165, 1.54) is 0 Å². The van der Waals surface area contributed by atoms with Gasteiger partial charge >= 0.3 is 0 Å². The summed E-state index contributed by atoms with van der Waals surface area (Å²) in [6.45, 7) is 4.09. The molecule has 0 spiro atoms. The smallest absolute Gasteiger partial charge is 0.177 e. The first-order valence-corrected chi connectivity index (χ1v) is 8.55. The predicted octanol–water partition coefficient (Wildman–Crippen LogP) is 2.50. The fraction of sp³-hybridized carbons (Fsp3) is 0.375. The van der Waals surface area contributed by atoms with Crippen molar-refractivity contribution in [3.8, 4) is 10.6 Å².